The third-order valence-corrected chi connectivity index (χ3v) is 3.82. The van der Waals surface area contributed by atoms with Gasteiger partial charge in [-0.1, -0.05) is 13.8 Å². The number of hydrogen-bond donors (Lipinski definition) is 1. The molecule has 0 fully saturated rings. The molecule has 2 heterocycles. The zero-order valence-corrected chi connectivity index (χ0v) is 14.6. The van der Waals surface area contributed by atoms with E-state index in [9.17, 15) is 27.6 Å². The summed E-state index contributed by atoms with van der Waals surface area (Å²) in [6.45, 7) is 3.85. The molecule has 0 radical (unpaired) electrons. The van der Waals surface area contributed by atoms with E-state index in [0.29, 0.717) is 23.1 Å². The summed E-state index contributed by atoms with van der Waals surface area (Å²) in [5.74, 6) is -0.149. The molecule has 26 heavy (non-hydrogen) atoms. The van der Waals surface area contributed by atoms with Crippen molar-refractivity contribution in [3.63, 3.8) is 0 Å². The average Bonchev–Trinajstić information content (AvgIpc) is 2.55. The predicted octanol–water partition coefficient (Wildman–Crippen LogP) is 1.28. The van der Waals surface area contributed by atoms with Gasteiger partial charge >= 0.3 is 11.9 Å². The predicted molar refractivity (Wildman–Crippen MR) is 88.7 cm³/mol. The van der Waals surface area contributed by atoms with Crippen LogP contribution in [0.25, 0.3) is 11.0 Å². The molecule has 0 aliphatic heterocycles. The Balaban J connectivity index is 2.42. The zero-order valence-electron chi connectivity index (χ0n) is 14.6. The largest absolute Gasteiger partial charge is 0.433 e. The molecule has 0 aliphatic carbocycles. The summed E-state index contributed by atoms with van der Waals surface area (Å²) in [6, 6.07) is 1.63. The number of aromatic nitrogens is 3. The number of alkyl halides is 3. The lowest BCUT2D eigenvalue weighted by Gasteiger charge is -2.12. The van der Waals surface area contributed by atoms with E-state index in [1.54, 1.807) is 0 Å². The van der Waals surface area contributed by atoms with Crippen molar-refractivity contribution in [3.05, 3.63) is 38.7 Å². The second-order valence-electron chi connectivity index (χ2n) is 6.33. The monoisotopic (exact) mass is 372 g/mol. The van der Waals surface area contributed by atoms with E-state index >= 15 is 0 Å². The van der Waals surface area contributed by atoms with Crippen LogP contribution >= 0.6 is 0 Å². The molecule has 0 aromatic carbocycles. The second kappa shape index (κ2) is 7.30. The normalized spacial score (nSPS) is 12.0. The first kappa shape index (κ1) is 19.7. The van der Waals surface area contributed by atoms with E-state index in [1.165, 1.54) is 7.05 Å². The van der Waals surface area contributed by atoms with Gasteiger partial charge in [0.1, 0.15) is 17.9 Å². The highest BCUT2D eigenvalue weighted by atomic mass is 19.4. The number of nitrogens with one attached hydrogen (secondary N) is 1. The first-order valence-corrected chi connectivity index (χ1v) is 7.97. The summed E-state index contributed by atoms with van der Waals surface area (Å²) in [6.07, 6.45) is -3.96. The number of fused-ring (bicyclic) bond motifs is 1. The van der Waals surface area contributed by atoms with E-state index in [4.69, 9.17) is 0 Å². The maximum absolute atomic E-state index is 12.8. The number of halogens is 3. The smallest absolute Gasteiger partial charge is 0.355 e. The molecule has 1 N–H and O–H groups in total. The Morgan fingerprint density at radius 1 is 1.27 bits per heavy atom. The molecule has 7 nitrogen and oxygen atoms in total. The fraction of sp³-hybridized carbons (Fsp3) is 0.500. The molecular weight excluding hydrogens is 353 g/mol. The molecule has 2 aromatic rings. The van der Waals surface area contributed by atoms with Gasteiger partial charge in [-0.3, -0.25) is 18.7 Å². The summed E-state index contributed by atoms with van der Waals surface area (Å²) in [4.78, 5) is 40.1. The summed E-state index contributed by atoms with van der Waals surface area (Å²) < 4.78 is 39.9. The Kier molecular flexibility index (Phi) is 5.53. The van der Waals surface area contributed by atoms with Gasteiger partial charge in [0.05, 0.1) is 5.39 Å². The number of carbonyl (C=O) groups is 1. The molecule has 0 unspecified atom stereocenters. The molecule has 2 aromatic heterocycles. The third-order valence-electron chi connectivity index (χ3n) is 3.82. The van der Waals surface area contributed by atoms with E-state index in [-0.39, 0.29) is 11.0 Å². The Bertz CT molecular complexity index is 945. The van der Waals surface area contributed by atoms with Gasteiger partial charge in [0.25, 0.3) is 5.56 Å². The standard InChI is InChI=1S/C16H19F3N4O3/c1-9(2)6-7-20-12(24)8-23-14(25)10-4-5-11(16(17,18)19)21-13(10)22(3)15(23)26/h4-5,9H,6-8H2,1-3H3,(H,20,24). The SMILES string of the molecule is CC(C)CCNC(=O)Cn1c(=O)c2ccc(C(F)(F)F)nc2n(C)c1=O. The molecule has 0 bridgehead atoms. The minimum Gasteiger partial charge on any atom is -0.355 e. The summed E-state index contributed by atoms with van der Waals surface area (Å²) in [7, 11) is 1.20. The van der Waals surface area contributed by atoms with Crippen LogP contribution in [-0.2, 0) is 24.6 Å². The van der Waals surface area contributed by atoms with Gasteiger partial charge in [-0.25, -0.2) is 9.78 Å². The molecule has 10 heteroatoms. The first-order valence-electron chi connectivity index (χ1n) is 7.97. The van der Waals surface area contributed by atoms with E-state index in [0.717, 1.165) is 17.1 Å². The van der Waals surface area contributed by atoms with Gasteiger partial charge in [-0.15, -0.1) is 0 Å². The summed E-state index contributed by atoms with van der Waals surface area (Å²) in [5, 5.41) is 2.43. The van der Waals surface area contributed by atoms with Crippen LogP contribution in [0, 0.1) is 5.92 Å². The average molecular weight is 372 g/mol. The van der Waals surface area contributed by atoms with Gasteiger partial charge in [0.15, 0.2) is 0 Å². The van der Waals surface area contributed by atoms with Crippen molar-refractivity contribution < 1.29 is 18.0 Å². The number of carbonyl (C=O) groups excluding carboxylic acids is 1. The highest BCUT2D eigenvalue weighted by Crippen LogP contribution is 2.28. The third kappa shape index (κ3) is 4.12. The Hall–Kier alpha value is -2.65. The Morgan fingerprint density at radius 3 is 2.50 bits per heavy atom. The Labute approximate surface area is 146 Å². The lowest BCUT2D eigenvalue weighted by molar-refractivity contribution is -0.141. The number of amides is 1. The van der Waals surface area contributed by atoms with Crippen molar-refractivity contribution in [3.8, 4) is 0 Å². The van der Waals surface area contributed by atoms with Crippen LogP contribution in [0.2, 0.25) is 0 Å². The topological polar surface area (TPSA) is 86.0 Å². The van der Waals surface area contributed by atoms with Crippen molar-refractivity contribution >= 4 is 16.9 Å². The Morgan fingerprint density at radius 2 is 1.92 bits per heavy atom. The van der Waals surface area contributed by atoms with Crippen LogP contribution in [0.3, 0.4) is 0 Å². The van der Waals surface area contributed by atoms with E-state index in [2.05, 4.69) is 10.3 Å². The molecule has 0 spiro atoms. The van der Waals surface area contributed by atoms with Crippen molar-refractivity contribution in [2.45, 2.75) is 33.0 Å². The van der Waals surface area contributed by atoms with Crippen LogP contribution < -0.4 is 16.6 Å². The molecule has 1 amide bonds. The van der Waals surface area contributed by atoms with Gasteiger partial charge in [-0.2, -0.15) is 13.2 Å². The van der Waals surface area contributed by atoms with Gasteiger partial charge in [-0.05, 0) is 24.5 Å². The molecular formula is C16H19F3N4O3. The number of aryl methyl sites for hydroxylation is 1. The van der Waals surface area contributed by atoms with Crippen molar-refractivity contribution in [2.75, 3.05) is 6.54 Å². The zero-order chi connectivity index (χ0) is 19.6. The van der Waals surface area contributed by atoms with Crippen LogP contribution in [0.5, 0.6) is 0 Å². The summed E-state index contributed by atoms with van der Waals surface area (Å²) >= 11 is 0. The minimum absolute atomic E-state index is 0.171. The van der Waals surface area contributed by atoms with Crippen molar-refractivity contribution in [2.24, 2.45) is 13.0 Å². The fourth-order valence-corrected chi connectivity index (χ4v) is 2.37. The highest BCUT2D eigenvalue weighted by Gasteiger charge is 2.33. The fourth-order valence-electron chi connectivity index (χ4n) is 2.37. The number of hydrogen-bond acceptors (Lipinski definition) is 4. The maximum Gasteiger partial charge on any atom is 0.433 e. The van der Waals surface area contributed by atoms with Crippen LogP contribution in [-0.4, -0.2) is 26.6 Å². The second-order valence-corrected chi connectivity index (χ2v) is 6.33. The van der Waals surface area contributed by atoms with Gasteiger partial charge in [0.2, 0.25) is 5.91 Å². The quantitative estimate of drug-likeness (QED) is 0.857. The number of nitrogens with zero attached hydrogens (tertiary/aromatic N) is 3. The molecule has 0 saturated carbocycles. The molecule has 142 valence electrons. The first-order chi connectivity index (χ1) is 12.0. The summed E-state index contributed by atoms with van der Waals surface area (Å²) in [5.41, 5.74) is -3.36. The van der Waals surface area contributed by atoms with Gasteiger partial charge < -0.3 is 5.32 Å². The van der Waals surface area contributed by atoms with Crippen LogP contribution in [0.1, 0.15) is 26.0 Å². The van der Waals surface area contributed by atoms with E-state index < -0.39 is 35.6 Å². The van der Waals surface area contributed by atoms with Gasteiger partial charge in [0, 0.05) is 13.6 Å². The molecule has 0 saturated heterocycles. The number of rotatable bonds is 5. The lowest BCUT2D eigenvalue weighted by atomic mass is 10.1. The molecule has 2 rings (SSSR count). The van der Waals surface area contributed by atoms with Crippen LogP contribution in [0.15, 0.2) is 21.7 Å². The maximum atomic E-state index is 12.8. The van der Waals surface area contributed by atoms with Crippen LogP contribution in [0.4, 0.5) is 13.2 Å². The highest BCUT2D eigenvalue weighted by molar-refractivity contribution is 5.77. The minimum atomic E-state index is -4.70. The molecule has 0 atom stereocenters. The lowest BCUT2D eigenvalue weighted by Crippen LogP contribution is -2.43. The van der Waals surface area contributed by atoms with Crippen molar-refractivity contribution in [1.82, 2.24) is 19.4 Å². The molecule has 0 aliphatic rings. The van der Waals surface area contributed by atoms with Crippen molar-refractivity contribution in [1.29, 1.82) is 0 Å². The number of pyridine rings is 1. The van der Waals surface area contributed by atoms with E-state index in [1.807, 2.05) is 13.8 Å².